The van der Waals surface area contributed by atoms with Gasteiger partial charge < -0.3 is 10.6 Å². The molecule has 1 aliphatic carbocycles. The number of carbonyl (C=O) groups excluding carboxylic acids is 3. The molecule has 2 atom stereocenters. The SMILES string of the molecule is CCC(=O)Cc1c(F)ccc(NC(=O)c2cc(NC(=O)[C@H]3[C@H](c4ccc(F)c(Br)c4)C3(Cl)Cl)ccc2Cl)c1F. The van der Waals surface area contributed by atoms with E-state index >= 15 is 0 Å². The van der Waals surface area contributed by atoms with Gasteiger partial charge in [-0.05, 0) is 64.0 Å². The predicted molar refractivity (Wildman–Crippen MR) is 148 cm³/mol. The number of rotatable bonds is 8. The number of hydrogen-bond acceptors (Lipinski definition) is 3. The highest BCUT2D eigenvalue weighted by Crippen LogP contribution is 2.65. The smallest absolute Gasteiger partial charge is 0.257 e. The summed E-state index contributed by atoms with van der Waals surface area (Å²) in [5.74, 6) is -5.69. The third-order valence-corrected chi connectivity index (χ3v) is 8.20. The lowest BCUT2D eigenvalue weighted by Gasteiger charge is -2.13. The first-order valence-electron chi connectivity index (χ1n) is 11.6. The third kappa shape index (κ3) is 6.11. The normalized spacial score (nSPS) is 17.4. The molecule has 5 nitrogen and oxygen atoms in total. The van der Waals surface area contributed by atoms with Crippen LogP contribution in [0.25, 0.3) is 0 Å². The lowest BCUT2D eigenvalue weighted by molar-refractivity contribution is -0.118. The molecule has 0 radical (unpaired) electrons. The molecule has 0 unspecified atom stereocenters. The van der Waals surface area contributed by atoms with Gasteiger partial charge in [0.15, 0.2) is 5.82 Å². The molecule has 0 spiro atoms. The molecule has 0 heterocycles. The highest BCUT2D eigenvalue weighted by Gasteiger charge is 2.67. The van der Waals surface area contributed by atoms with Crippen LogP contribution in [0.3, 0.4) is 0 Å². The monoisotopic (exact) mass is 660 g/mol. The number of carbonyl (C=O) groups is 3. The van der Waals surface area contributed by atoms with Crippen LogP contribution in [0, 0.1) is 23.4 Å². The van der Waals surface area contributed by atoms with Crippen molar-refractivity contribution in [1.82, 2.24) is 0 Å². The van der Waals surface area contributed by atoms with Crippen LogP contribution in [0.5, 0.6) is 0 Å². The number of Topliss-reactive ketones (excluding diaryl/α,β-unsaturated/α-hetero) is 1. The van der Waals surface area contributed by atoms with Crippen molar-refractivity contribution in [2.45, 2.75) is 30.0 Å². The summed E-state index contributed by atoms with van der Waals surface area (Å²) in [6.07, 6.45) is -0.360. The Morgan fingerprint density at radius 1 is 0.974 bits per heavy atom. The van der Waals surface area contributed by atoms with Gasteiger partial charge in [0.1, 0.15) is 21.8 Å². The highest BCUT2D eigenvalue weighted by molar-refractivity contribution is 9.10. The molecule has 39 heavy (non-hydrogen) atoms. The summed E-state index contributed by atoms with van der Waals surface area (Å²) in [5.41, 5.74) is -0.165. The Bertz CT molecular complexity index is 1500. The van der Waals surface area contributed by atoms with E-state index in [-0.39, 0.29) is 38.6 Å². The molecule has 2 amide bonds. The van der Waals surface area contributed by atoms with Crippen molar-refractivity contribution in [1.29, 1.82) is 0 Å². The zero-order valence-electron chi connectivity index (χ0n) is 20.1. The van der Waals surface area contributed by atoms with Crippen molar-refractivity contribution in [2.75, 3.05) is 10.6 Å². The molecule has 3 aromatic rings. The Balaban J connectivity index is 1.52. The number of hydrogen-bond donors (Lipinski definition) is 2. The number of anilines is 2. The first kappa shape index (κ1) is 29.4. The summed E-state index contributed by atoms with van der Waals surface area (Å²) >= 11 is 22.0. The molecule has 0 aromatic heterocycles. The summed E-state index contributed by atoms with van der Waals surface area (Å²) in [5, 5.41) is 4.96. The molecule has 0 saturated heterocycles. The van der Waals surface area contributed by atoms with Gasteiger partial charge in [-0.1, -0.05) is 24.6 Å². The summed E-state index contributed by atoms with van der Waals surface area (Å²) in [7, 11) is 0. The highest BCUT2D eigenvalue weighted by atomic mass is 79.9. The van der Waals surface area contributed by atoms with Crippen LogP contribution >= 0.6 is 50.7 Å². The molecular weight excluding hydrogens is 644 g/mol. The Morgan fingerprint density at radius 3 is 2.33 bits per heavy atom. The molecule has 4 rings (SSSR count). The minimum atomic E-state index is -1.44. The maximum atomic E-state index is 14.9. The average molecular weight is 663 g/mol. The van der Waals surface area contributed by atoms with Crippen LogP contribution in [-0.4, -0.2) is 21.9 Å². The van der Waals surface area contributed by atoms with Gasteiger partial charge >= 0.3 is 0 Å². The molecule has 0 aliphatic heterocycles. The standard InChI is InChI=1S/C27H19BrCl3F3N2O3/c1-2-14(37)11-16-19(32)7-8-21(24(16)34)36-25(38)15-10-13(4-5-18(15)29)35-26(39)23-22(27(23,30)31)12-3-6-20(33)17(28)9-12/h3-10,22-23H,2,11H2,1H3,(H,35,39)(H,36,38)/t22-,23+/m0/s1. The summed E-state index contributed by atoms with van der Waals surface area (Å²) < 4.78 is 41.4. The van der Waals surface area contributed by atoms with Crippen molar-refractivity contribution in [3.05, 3.63) is 92.2 Å². The van der Waals surface area contributed by atoms with Crippen molar-refractivity contribution < 1.29 is 27.6 Å². The number of ketones is 1. The second kappa shape index (κ2) is 11.5. The molecule has 3 aromatic carbocycles. The number of amides is 2. The van der Waals surface area contributed by atoms with E-state index in [0.29, 0.717) is 5.56 Å². The zero-order valence-corrected chi connectivity index (χ0v) is 23.9. The van der Waals surface area contributed by atoms with Gasteiger partial charge in [0.2, 0.25) is 5.91 Å². The molecule has 1 aliphatic rings. The van der Waals surface area contributed by atoms with Gasteiger partial charge in [0, 0.05) is 30.0 Å². The fourth-order valence-corrected chi connectivity index (χ4v) is 5.57. The summed E-state index contributed by atoms with van der Waals surface area (Å²) in [6.45, 7) is 1.57. The van der Waals surface area contributed by atoms with E-state index in [1.165, 1.54) is 36.4 Å². The van der Waals surface area contributed by atoms with Crippen LogP contribution in [0.2, 0.25) is 5.02 Å². The van der Waals surface area contributed by atoms with Crippen molar-refractivity contribution >= 4 is 79.7 Å². The number of alkyl halides is 2. The summed E-state index contributed by atoms with van der Waals surface area (Å²) in [4.78, 5) is 37.7. The van der Waals surface area contributed by atoms with Gasteiger partial charge in [-0.25, -0.2) is 13.2 Å². The minimum Gasteiger partial charge on any atom is -0.326 e. The lowest BCUT2D eigenvalue weighted by Crippen LogP contribution is -2.19. The van der Waals surface area contributed by atoms with E-state index in [1.54, 1.807) is 6.92 Å². The van der Waals surface area contributed by atoms with Crippen LogP contribution in [0.1, 0.15) is 40.7 Å². The molecule has 2 N–H and O–H groups in total. The number of halogens is 7. The molecule has 12 heteroatoms. The predicted octanol–water partition coefficient (Wildman–Crippen LogP) is 7.82. The van der Waals surface area contributed by atoms with E-state index in [2.05, 4.69) is 26.6 Å². The largest absolute Gasteiger partial charge is 0.326 e. The third-order valence-electron chi connectivity index (χ3n) is 6.32. The quantitative estimate of drug-likeness (QED) is 0.242. The average Bonchev–Trinajstić information content (AvgIpc) is 3.47. The van der Waals surface area contributed by atoms with Crippen molar-refractivity contribution in [3.63, 3.8) is 0 Å². The maximum absolute atomic E-state index is 14.9. The Hall–Kier alpha value is -2.59. The second-order valence-electron chi connectivity index (χ2n) is 8.90. The van der Waals surface area contributed by atoms with E-state index < -0.39 is 57.4 Å². The van der Waals surface area contributed by atoms with Gasteiger partial charge in [0.05, 0.1) is 26.7 Å². The molecule has 204 valence electrons. The molecule has 1 fully saturated rings. The second-order valence-corrected chi connectivity index (χ2v) is 11.6. The van der Waals surface area contributed by atoms with Gasteiger partial charge in [-0.3, -0.25) is 14.4 Å². The lowest BCUT2D eigenvalue weighted by atomic mass is 10.0. The zero-order chi connectivity index (χ0) is 28.6. The Kier molecular flexibility index (Phi) is 8.66. The first-order valence-corrected chi connectivity index (χ1v) is 13.5. The van der Waals surface area contributed by atoms with E-state index in [9.17, 15) is 27.6 Å². The fraction of sp³-hybridized carbons (Fsp3) is 0.222. The van der Waals surface area contributed by atoms with Gasteiger partial charge in [-0.15, -0.1) is 23.2 Å². The van der Waals surface area contributed by atoms with E-state index in [0.717, 1.165) is 12.1 Å². The van der Waals surface area contributed by atoms with Gasteiger partial charge in [-0.2, -0.15) is 0 Å². The van der Waals surface area contributed by atoms with Crippen LogP contribution in [0.4, 0.5) is 24.5 Å². The summed E-state index contributed by atoms with van der Waals surface area (Å²) in [6, 6.07) is 10.3. The van der Waals surface area contributed by atoms with Crippen molar-refractivity contribution in [3.8, 4) is 0 Å². The maximum Gasteiger partial charge on any atom is 0.257 e. The van der Waals surface area contributed by atoms with Crippen LogP contribution < -0.4 is 10.6 Å². The minimum absolute atomic E-state index is 0.00102. The van der Waals surface area contributed by atoms with Gasteiger partial charge in [0.25, 0.3) is 5.91 Å². The number of nitrogens with one attached hydrogen (secondary N) is 2. The fourth-order valence-electron chi connectivity index (χ4n) is 4.14. The molecular formula is C27H19BrCl3F3N2O3. The van der Waals surface area contributed by atoms with E-state index in [4.69, 9.17) is 34.8 Å². The van der Waals surface area contributed by atoms with Crippen LogP contribution in [-0.2, 0) is 16.0 Å². The molecule has 0 bridgehead atoms. The van der Waals surface area contributed by atoms with Crippen LogP contribution in [0.15, 0.2) is 53.0 Å². The number of benzene rings is 3. The Morgan fingerprint density at radius 2 is 1.67 bits per heavy atom. The first-order chi connectivity index (χ1) is 18.3. The molecule has 1 saturated carbocycles. The van der Waals surface area contributed by atoms with E-state index in [1.807, 2.05) is 0 Å². The Labute approximate surface area is 245 Å². The van der Waals surface area contributed by atoms with Crippen molar-refractivity contribution in [2.24, 2.45) is 5.92 Å². The topological polar surface area (TPSA) is 75.3 Å².